The summed E-state index contributed by atoms with van der Waals surface area (Å²) in [5, 5.41) is 0. The second-order valence-corrected chi connectivity index (χ2v) is 3.22. The normalized spacial score (nSPS) is 27.2. The third kappa shape index (κ3) is 0.891. The molecule has 0 aliphatic heterocycles. The lowest BCUT2D eigenvalue weighted by Crippen LogP contribution is -2.13. The average molecular weight is 166 g/mol. The van der Waals surface area contributed by atoms with E-state index in [1.165, 1.54) is 0 Å². The van der Waals surface area contributed by atoms with Gasteiger partial charge in [0.1, 0.15) is 6.17 Å². The van der Waals surface area contributed by atoms with E-state index in [-0.39, 0.29) is 5.92 Å². The fourth-order valence-corrected chi connectivity index (χ4v) is 1.51. The minimum absolute atomic E-state index is 0.105. The molecule has 2 nitrogen and oxygen atoms in total. The van der Waals surface area contributed by atoms with E-state index in [0.29, 0.717) is 0 Å². The summed E-state index contributed by atoms with van der Waals surface area (Å²) < 4.78 is 15.0. The Morgan fingerprint density at radius 2 is 2.33 bits per heavy atom. The van der Waals surface area contributed by atoms with Gasteiger partial charge in [0, 0.05) is 13.0 Å². The summed E-state index contributed by atoms with van der Waals surface area (Å²) in [5.74, 6) is -0.105. The average Bonchev–Trinajstić information content (AvgIpc) is 2.41. The highest BCUT2D eigenvalue weighted by molar-refractivity contribution is 5.53. The molecule has 2 atom stereocenters. The molecule has 0 fully saturated rings. The smallest absolute Gasteiger partial charge is 0.127 e. The minimum Gasteiger partial charge on any atom is -0.334 e. The van der Waals surface area contributed by atoms with Crippen LogP contribution in [0.2, 0.25) is 0 Å². The summed E-state index contributed by atoms with van der Waals surface area (Å²) in [5.41, 5.74) is 1.89. The Hall–Kier alpha value is -1.12. The van der Waals surface area contributed by atoms with Crippen LogP contribution in [0.3, 0.4) is 0 Å². The molecule has 0 amide bonds. The molecule has 64 valence electrons. The molecule has 0 aromatic carbocycles. The number of allylic oxidation sites excluding steroid dienone is 1. The van der Waals surface area contributed by atoms with Crippen LogP contribution < -0.4 is 0 Å². The number of fused-ring (bicyclic) bond motifs is 1. The molecular formula is C9H11FN2. The highest BCUT2D eigenvalue weighted by atomic mass is 19.1. The van der Waals surface area contributed by atoms with Crippen molar-refractivity contribution in [2.24, 2.45) is 7.05 Å². The zero-order valence-corrected chi connectivity index (χ0v) is 7.16. The number of hydrogen-bond acceptors (Lipinski definition) is 1. The van der Waals surface area contributed by atoms with Crippen LogP contribution in [0.5, 0.6) is 0 Å². The van der Waals surface area contributed by atoms with Gasteiger partial charge in [0.05, 0.1) is 17.7 Å². The molecule has 3 heteroatoms. The number of aromatic nitrogens is 2. The van der Waals surface area contributed by atoms with Crippen molar-refractivity contribution >= 4 is 6.08 Å². The topological polar surface area (TPSA) is 17.8 Å². The lowest BCUT2D eigenvalue weighted by molar-refractivity contribution is 0.348. The Labute approximate surface area is 70.7 Å². The van der Waals surface area contributed by atoms with Gasteiger partial charge >= 0.3 is 0 Å². The molecule has 1 heterocycles. The molecule has 1 aliphatic rings. The van der Waals surface area contributed by atoms with Crippen LogP contribution in [-0.2, 0) is 7.05 Å². The van der Waals surface area contributed by atoms with Gasteiger partial charge in [-0.2, -0.15) is 0 Å². The molecule has 1 aromatic heterocycles. The van der Waals surface area contributed by atoms with Gasteiger partial charge in [-0.3, -0.25) is 0 Å². The molecule has 0 spiro atoms. The quantitative estimate of drug-likeness (QED) is 0.575. The first-order valence-electron chi connectivity index (χ1n) is 4.03. The third-order valence-electron chi connectivity index (χ3n) is 2.36. The first-order chi connectivity index (χ1) is 5.70. The van der Waals surface area contributed by atoms with Crippen LogP contribution in [0.1, 0.15) is 24.2 Å². The Morgan fingerprint density at radius 1 is 1.58 bits per heavy atom. The third-order valence-corrected chi connectivity index (χ3v) is 2.36. The standard InChI is InChI=1S/C9H11FN2/c1-6-7(10)3-4-8-9(6)11-5-12(8)2/h3-7H,1-2H3. The van der Waals surface area contributed by atoms with Crippen LogP contribution in [0.4, 0.5) is 4.39 Å². The van der Waals surface area contributed by atoms with Gasteiger partial charge in [-0.15, -0.1) is 0 Å². The fraction of sp³-hybridized carbons (Fsp3) is 0.444. The van der Waals surface area contributed by atoms with Gasteiger partial charge in [0.2, 0.25) is 0 Å². The number of halogens is 1. The van der Waals surface area contributed by atoms with E-state index in [2.05, 4.69) is 4.98 Å². The van der Waals surface area contributed by atoms with E-state index in [1.54, 1.807) is 18.5 Å². The molecule has 0 saturated carbocycles. The van der Waals surface area contributed by atoms with Crippen LogP contribution in [0.15, 0.2) is 12.4 Å². The highest BCUT2D eigenvalue weighted by Crippen LogP contribution is 2.29. The molecule has 0 radical (unpaired) electrons. The number of aryl methyl sites for hydroxylation is 1. The summed E-state index contributed by atoms with van der Waals surface area (Å²) in [7, 11) is 1.92. The predicted molar refractivity (Wildman–Crippen MR) is 45.6 cm³/mol. The monoisotopic (exact) mass is 166 g/mol. The summed E-state index contributed by atoms with van der Waals surface area (Å²) in [6.07, 6.45) is 4.23. The van der Waals surface area contributed by atoms with E-state index in [9.17, 15) is 4.39 Å². The van der Waals surface area contributed by atoms with Crippen LogP contribution in [0, 0.1) is 0 Å². The first-order valence-corrected chi connectivity index (χ1v) is 4.03. The van der Waals surface area contributed by atoms with Crippen molar-refractivity contribution in [1.82, 2.24) is 9.55 Å². The largest absolute Gasteiger partial charge is 0.334 e. The Kier molecular flexibility index (Phi) is 1.53. The van der Waals surface area contributed by atoms with Gasteiger partial charge in [0.15, 0.2) is 0 Å². The van der Waals surface area contributed by atoms with E-state index in [0.717, 1.165) is 11.4 Å². The molecule has 1 aliphatic carbocycles. The molecule has 2 rings (SSSR count). The van der Waals surface area contributed by atoms with Crippen LogP contribution in [-0.4, -0.2) is 15.7 Å². The lowest BCUT2D eigenvalue weighted by atomic mass is 9.95. The number of alkyl halides is 1. The highest BCUT2D eigenvalue weighted by Gasteiger charge is 2.24. The lowest BCUT2D eigenvalue weighted by Gasteiger charge is -2.16. The molecular weight excluding hydrogens is 155 g/mol. The maximum Gasteiger partial charge on any atom is 0.127 e. The van der Waals surface area contributed by atoms with Crippen molar-refractivity contribution < 1.29 is 4.39 Å². The molecule has 2 unspecified atom stereocenters. The van der Waals surface area contributed by atoms with Crippen molar-refractivity contribution in [3.05, 3.63) is 23.8 Å². The molecule has 0 N–H and O–H groups in total. The first kappa shape index (κ1) is 7.53. The van der Waals surface area contributed by atoms with Gasteiger partial charge in [-0.25, -0.2) is 9.37 Å². The number of imidazole rings is 1. The number of hydrogen-bond donors (Lipinski definition) is 0. The molecule has 0 saturated heterocycles. The zero-order valence-electron chi connectivity index (χ0n) is 7.16. The van der Waals surface area contributed by atoms with E-state index < -0.39 is 6.17 Å². The minimum atomic E-state index is -0.882. The van der Waals surface area contributed by atoms with Crippen molar-refractivity contribution in [3.8, 4) is 0 Å². The van der Waals surface area contributed by atoms with Crippen molar-refractivity contribution in [3.63, 3.8) is 0 Å². The second-order valence-electron chi connectivity index (χ2n) is 3.22. The zero-order chi connectivity index (χ0) is 8.72. The predicted octanol–water partition coefficient (Wildman–Crippen LogP) is 1.89. The van der Waals surface area contributed by atoms with Crippen LogP contribution >= 0.6 is 0 Å². The SMILES string of the molecule is CC1c2ncn(C)c2C=CC1F. The fourth-order valence-electron chi connectivity index (χ4n) is 1.51. The van der Waals surface area contributed by atoms with E-state index in [1.807, 2.05) is 18.5 Å². The van der Waals surface area contributed by atoms with Crippen molar-refractivity contribution in [2.45, 2.75) is 19.0 Å². The van der Waals surface area contributed by atoms with Gasteiger partial charge in [0.25, 0.3) is 0 Å². The summed E-state index contributed by atoms with van der Waals surface area (Å²) in [4.78, 5) is 4.16. The Balaban J connectivity index is 2.53. The second kappa shape index (κ2) is 2.44. The summed E-state index contributed by atoms with van der Waals surface area (Å²) in [6, 6.07) is 0. The number of nitrogens with zero attached hydrogens (tertiary/aromatic N) is 2. The van der Waals surface area contributed by atoms with Gasteiger partial charge in [-0.05, 0) is 12.2 Å². The Bertz CT molecular complexity index is 327. The van der Waals surface area contributed by atoms with Crippen LogP contribution in [0.25, 0.3) is 6.08 Å². The van der Waals surface area contributed by atoms with E-state index in [4.69, 9.17) is 0 Å². The van der Waals surface area contributed by atoms with Gasteiger partial charge in [-0.1, -0.05) is 6.92 Å². The van der Waals surface area contributed by atoms with Crippen molar-refractivity contribution in [2.75, 3.05) is 0 Å². The number of rotatable bonds is 0. The maximum atomic E-state index is 13.1. The summed E-state index contributed by atoms with van der Waals surface area (Å²) in [6.45, 7) is 1.86. The molecule has 1 aromatic rings. The maximum absolute atomic E-state index is 13.1. The van der Waals surface area contributed by atoms with Crippen molar-refractivity contribution in [1.29, 1.82) is 0 Å². The molecule has 12 heavy (non-hydrogen) atoms. The van der Waals surface area contributed by atoms with E-state index >= 15 is 0 Å². The summed E-state index contributed by atoms with van der Waals surface area (Å²) >= 11 is 0. The van der Waals surface area contributed by atoms with Gasteiger partial charge < -0.3 is 4.57 Å². The Morgan fingerprint density at radius 3 is 3.08 bits per heavy atom. The molecule has 0 bridgehead atoms.